The van der Waals surface area contributed by atoms with Gasteiger partial charge in [-0.15, -0.1) is 0 Å². The first-order valence-corrected chi connectivity index (χ1v) is 14.3. The van der Waals surface area contributed by atoms with Crippen LogP contribution in [0.25, 0.3) is 43.6 Å². The van der Waals surface area contributed by atoms with E-state index in [1.165, 1.54) is 0 Å². The van der Waals surface area contributed by atoms with E-state index in [1.54, 1.807) is 0 Å². The van der Waals surface area contributed by atoms with Crippen molar-refractivity contribution in [1.29, 1.82) is 0 Å². The molecule has 5 aromatic rings. The summed E-state index contributed by atoms with van der Waals surface area (Å²) in [6.45, 7) is 4.37. The number of amides is 1. The minimum Gasteiger partial charge on any atom is -0.428 e. The Labute approximate surface area is 230 Å². The van der Waals surface area contributed by atoms with Crippen LogP contribution in [-0.2, 0) is 26.5 Å². The van der Waals surface area contributed by atoms with E-state index < -0.39 is 23.7 Å². The second kappa shape index (κ2) is 8.08. The fourth-order valence-electron chi connectivity index (χ4n) is 7.49. The SMILES string of the molecule is CCCCCCC(=O)O[C@]1(O)C[C@H]2O[C@@]1(C)n1c3ccccc3c3c4c(c5c6ccccc6n2c5c31)C(=O)NC4. The summed E-state index contributed by atoms with van der Waals surface area (Å²) in [6.07, 6.45) is 3.50. The minimum absolute atomic E-state index is 0.0642. The van der Waals surface area contributed by atoms with E-state index in [0.717, 1.165) is 74.9 Å². The molecule has 1 fully saturated rings. The molecule has 204 valence electrons. The second-order valence-corrected chi connectivity index (χ2v) is 11.6. The van der Waals surface area contributed by atoms with Gasteiger partial charge in [0.05, 0.1) is 34.1 Å². The van der Waals surface area contributed by atoms with E-state index in [-0.39, 0.29) is 18.7 Å². The molecule has 40 heavy (non-hydrogen) atoms. The zero-order chi connectivity index (χ0) is 27.4. The average molecular weight is 538 g/mol. The highest BCUT2D eigenvalue weighted by Crippen LogP contribution is 2.57. The molecule has 3 aromatic carbocycles. The van der Waals surface area contributed by atoms with Gasteiger partial charge in [0, 0.05) is 34.5 Å². The van der Waals surface area contributed by atoms with Gasteiger partial charge in [-0.3, -0.25) is 9.59 Å². The number of aromatic nitrogens is 2. The van der Waals surface area contributed by atoms with E-state index in [0.29, 0.717) is 12.1 Å². The lowest BCUT2D eigenvalue weighted by Crippen LogP contribution is -2.53. The molecule has 2 aromatic heterocycles. The molecule has 1 amide bonds. The van der Waals surface area contributed by atoms with Gasteiger partial charge in [-0.05, 0) is 31.0 Å². The van der Waals surface area contributed by atoms with E-state index in [1.807, 2.05) is 60.0 Å². The molecule has 0 spiro atoms. The summed E-state index contributed by atoms with van der Waals surface area (Å²) in [4.78, 5) is 26.5. The zero-order valence-electron chi connectivity index (χ0n) is 22.6. The van der Waals surface area contributed by atoms with Gasteiger partial charge in [-0.1, -0.05) is 62.6 Å². The van der Waals surface area contributed by atoms with Gasteiger partial charge in [0.1, 0.15) is 6.23 Å². The standard InChI is InChI=1S/C32H31N3O5/c1-3-4-5-6-15-24(36)40-32(38)16-23-34-21-13-9-7-11-18(21)26-27-20(17-33-30(27)37)25-19-12-8-10-14-22(19)35(29(25)28(26)34)31(32,2)39-23/h7-14,23,38H,3-6,15-17H2,1-2H3,(H,33,37)/t23-,31-,32-/m1/s1. The van der Waals surface area contributed by atoms with Crippen LogP contribution in [-0.4, -0.2) is 31.9 Å². The maximum absolute atomic E-state index is 13.3. The zero-order valence-corrected chi connectivity index (χ0v) is 22.6. The maximum atomic E-state index is 13.3. The van der Waals surface area contributed by atoms with E-state index in [9.17, 15) is 14.7 Å². The van der Waals surface area contributed by atoms with Crippen molar-refractivity contribution in [3.05, 3.63) is 59.7 Å². The van der Waals surface area contributed by atoms with Crippen LogP contribution in [0.5, 0.6) is 0 Å². The highest BCUT2D eigenvalue weighted by molar-refractivity contribution is 6.31. The van der Waals surface area contributed by atoms with Crippen LogP contribution in [0, 0.1) is 0 Å². The highest BCUT2D eigenvalue weighted by Gasteiger charge is 2.64. The molecule has 0 saturated carbocycles. The summed E-state index contributed by atoms with van der Waals surface area (Å²) in [5.74, 6) is -2.41. The predicted molar refractivity (Wildman–Crippen MR) is 152 cm³/mol. The number of nitrogens with zero attached hydrogens (tertiary/aromatic N) is 2. The summed E-state index contributed by atoms with van der Waals surface area (Å²) in [6, 6.07) is 16.0. The summed E-state index contributed by atoms with van der Waals surface area (Å²) >= 11 is 0. The van der Waals surface area contributed by atoms with Gasteiger partial charge in [-0.2, -0.15) is 0 Å². The van der Waals surface area contributed by atoms with Crippen LogP contribution in [0.4, 0.5) is 0 Å². The van der Waals surface area contributed by atoms with Crippen molar-refractivity contribution in [2.45, 2.75) is 76.7 Å². The Morgan fingerprint density at radius 2 is 1.77 bits per heavy atom. The number of fused-ring (bicyclic) bond motifs is 13. The van der Waals surface area contributed by atoms with Gasteiger partial charge in [0.2, 0.25) is 5.72 Å². The number of hydrogen-bond donors (Lipinski definition) is 2. The molecular weight excluding hydrogens is 506 g/mol. The second-order valence-electron chi connectivity index (χ2n) is 11.6. The number of ether oxygens (including phenoxy) is 2. The van der Waals surface area contributed by atoms with Crippen molar-refractivity contribution in [3.63, 3.8) is 0 Å². The lowest BCUT2D eigenvalue weighted by Gasteiger charge is -2.38. The molecule has 5 heterocycles. The van der Waals surface area contributed by atoms with Gasteiger partial charge in [0.15, 0.2) is 0 Å². The summed E-state index contributed by atoms with van der Waals surface area (Å²) < 4.78 is 17.0. The van der Waals surface area contributed by atoms with Gasteiger partial charge >= 0.3 is 5.97 Å². The molecule has 8 heteroatoms. The molecule has 8 rings (SSSR count). The monoisotopic (exact) mass is 537 g/mol. The summed E-state index contributed by atoms with van der Waals surface area (Å²) in [5.41, 5.74) is 3.80. The molecular formula is C32H31N3O5. The van der Waals surface area contributed by atoms with E-state index in [2.05, 4.69) is 16.8 Å². The molecule has 2 N–H and O–H groups in total. The first-order chi connectivity index (χ1) is 19.4. The Kier molecular flexibility index (Phi) is 4.84. The molecule has 3 aliphatic heterocycles. The van der Waals surface area contributed by atoms with Gasteiger partial charge in [0.25, 0.3) is 11.7 Å². The molecule has 8 nitrogen and oxygen atoms in total. The average Bonchev–Trinajstić information content (AvgIpc) is 3.63. The first kappa shape index (κ1) is 24.0. The Hall–Kier alpha value is -3.88. The predicted octanol–water partition coefficient (Wildman–Crippen LogP) is 5.95. The largest absolute Gasteiger partial charge is 0.428 e. The van der Waals surface area contributed by atoms with Gasteiger partial charge in [-0.25, -0.2) is 0 Å². The number of unbranched alkanes of at least 4 members (excludes halogenated alkanes) is 3. The summed E-state index contributed by atoms with van der Waals surface area (Å²) in [7, 11) is 0. The summed E-state index contributed by atoms with van der Waals surface area (Å²) in [5, 5.41) is 19.2. The van der Waals surface area contributed by atoms with Crippen molar-refractivity contribution in [2.75, 3.05) is 0 Å². The molecule has 3 atom stereocenters. The number of carbonyl (C=O) groups is 2. The molecule has 0 aliphatic carbocycles. The van der Waals surface area contributed by atoms with Crippen LogP contribution >= 0.6 is 0 Å². The molecule has 3 aliphatic rings. The molecule has 0 radical (unpaired) electrons. The van der Waals surface area contributed by atoms with Crippen LogP contribution in [0.3, 0.4) is 0 Å². The fraction of sp³-hybridized carbons (Fsp3) is 0.375. The minimum atomic E-state index is -1.91. The van der Waals surface area contributed by atoms with Crippen molar-refractivity contribution < 1.29 is 24.2 Å². The first-order valence-electron chi connectivity index (χ1n) is 14.3. The third kappa shape index (κ3) is 2.82. The third-order valence-electron chi connectivity index (χ3n) is 9.29. The van der Waals surface area contributed by atoms with Crippen LogP contribution < -0.4 is 5.32 Å². The molecule has 2 bridgehead atoms. The smallest absolute Gasteiger partial charge is 0.308 e. The number of nitrogens with one attached hydrogen (secondary N) is 1. The maximum Gasteiger partial charge on any atom is 0.308 e. The number of para-hydroxylation sites is 2. The fourth-order valence-corrected chi connectivity index (χ4v) is 7.49. The third-order valence-corrected chi connectivity index (χ3v) is 9.29. The highest BCUT2D eigenvalue weighted by atomic mass is 16.7. The van der Waals surface area contributed by atoms with Crippen molar-refractivity contribution in [1.82, 2.24) is 14.5 Å². The normalized spacial score (nSPS) is 24.9. The molecule has 0 unspecified atom stereocenters. The number of benzene rings is 3. The Balaban J connectivity index is 1.46. The van der Waals surface area contributed by atoms with Crippen LogP contribution in [0.2, 0.25) is 0 Å². The molecule has 1 saturated heterocycles. The Morgan fingerprint density at radius 1 is 1.05 bits per heavy atom. The lowest BCUT2D eigenvalue weighted by atomic mass is 9.96. The van der Waals surface area contributed by atoms with Crippen LogP contribution in [0.1, 0.15) is 74.5 Å². The van der Waals surface area contributed by atoms with E-state index in [4.69, 9.17) is 9.47 Å². The number of carbonyl (C=O) groups excluding carboxylic acids is 2. The Bertz CT molecular complexity index is 1920. The van der Waals surface area contributed by atoms with Gasteiger partial charge < -0.3 is 29.0 Å². The lowest BCUT2D eigenvalue weighted by molar-refractivity contribution is -0.284. The number of aliphatic hydroxyl groups is 1. The van der Waals surface area contributed by atoms with E-state index >= 15 is 0 Å². The number of rotatable bonds is 6. The number of hydrogen-bond acceptors (Lipinski definition) is 5. The van der Waals surface area contributed by atoms with Crippen molar-refractivity contribution in [3.8, 4) is 0 Å². The quantitative estimate of drug-likeness (QED) is 0.159. The van der Waals surface area contributed by atoms with Crippen molar-refractivity contribution >= 4 is 55.5 Å². The van der Waals surface area contributed by atoms with Crippen molar-refractivity contribution in [2.24, 2.45) is 0 Å². The van der Waals surface area contributed by atoms with Crippen LogP contribution in [0.15, 0.2) is 48.5 Å². The number of esters is 1. The topological polar surface area (TPSA) is 94.7 Å². The Morgan fingerprint density at radius 3 is 2.55 bits per heavy atom.